The molecule has 0 saturated heterocycles. The third kappa shape index (κ3) is 7.03. The molecule has 1 atom stereocenters. The topological polar surface area (TPSA) is 96.9 Å². The first kappa shape index (κ1) is 18.4. The summed E-state index contributed by atoms with van der Waals surface area (Å²) in [6.45, 7) is -0.00658. The monoisotopic (exact) mass is 344 g/mol. The van der Waals surface area contributed by atoms with Gasteiger partial charge in [0.05, 0.1) is 6.54 Å². The molecule has 1 amide bonds. The van der Waals surface area contributed by atoms with Gasteiger partial charge in [0.2, 0.25) is 0 Å². The molecule has 0 fully saturated rings. The fourth-order valence-corrected chi connectivity index (χ4v) is 1.89. The van der Waals surface area contributed by atoms with E-state index in [1.54, 1.807) is 0 Å². The Kier molecular flexibility index (Phi) is 7.42. The normalized spacial score (nSPS) is 11.4. The van der Waals surface area contributed by atoms with Gasteiger partial charge in [-0.2, -0.15) is 0 Å². The Hall–Kier alpha value is -2.90. The zero-order valence-corrected chi connectivity index (χ0v) is 13.6. The van der Waals surface area contributed by atoms with Gasteiger partial charge in [0.1, 0.15) is 13.2 Å². The standard InChI is InChI=1S/C18H20N2O5/c21-16(17(22)24-12-14-7-3-1-4-8-14)11-19-20-18(23)25-13-15-9-5-2-6-10-15/h1-10,16,19,21H,11-13H2,(H,20,23). The summed E-state index contributed by atoms with van der Waals surface area (Å²) in [5.74, 6) is -0.782. The molecule has 0 aliphatic carbocycles. The van der Waals surface area contributed by atoms with Gasteiger partial charge in [0.25, 0.3) is 0 Å². The molecular weight excluding hydrogens is 324 g/mol. The van der Waals surface area contributed by atoms with Crippen LogP contribution in [0.15, 0.2) is 60.7 Å². The second-order valence-corrected chi connectivity index (χ2v) is 5.18. The molecule has 2 aromatic carbocycles. The van der Waals surface area contributed by atoms with Gasteiger partial charge >= 0.3 is 12.1 Å². The quantitative estimate of drug-likeness (QED) is 0.496. The van der Waals surface area contributed by atoms with Gasteiger partial charge in [-0.1, -0.05) is 60.7 Å². The summed E-state index contributed by atoms with van der Waals surface area (Å²) in [5.41, 5.74) is 6.33. The van der Waals surface area contributed by atoms with Crippen LogP contribution in [0.1, 0.15) is 11.1 Å². The second-order valence-electron chi connectivity index (χ2n) is 5.18. The van der Waals surface area contributed by atoms with Crippen LogP contribution in [0.4, 0.5) is 4.79 Å². The number of benzene rings is 2. The van der Waals surface area contributed by atoms with Crippen molar-refractivity contribution in [1.29, 1.82) is 0 Å². The maximum absolute atomic E-state index is 11.6. The molecule has 3 N–H and O–H groups in total. The number of hydrogen-bond donors (Lipinski definition) is 3. The summed E-state index contributed by atoms with van der Waals surface area (Å²) >= 11 is 0. The van der Waals surface area contributed by atoms with Crippen molar-refractivity contribution < 1.29 is 24.2 Å². The molecule has 0 aromatic heterocycles. The van der Waals surface area contributed by atoms with Crippen molar-refractivity contribution in [2.75, 3.05) is 6.54 Å². The first-order valence-electron chi connectivity index (χ1n) is 7.73. The minimum Gasteiger partial charge on any atom is -0.459 e. The predicted molar refractivity (Wildman–Crippen MR) is 90.0 cm³/mol. The van der Waals surface area contributed by atoms with Gasteiger partial charge < -0.3 is 14.6 Å². The number of hydrogen-bond acceptors (Lipinski definition) is 6. The van der Waals surface area contributed by atoms with Crippen molar-refractivity contribution in [2.24, 2.45) is 0 Å². The Balaban J connectivity index is 1.60. The number of carbonyl (C=O) groups excluding carboxylic acids is 2. The first-order chi connectivity index (χ1) is 12.1. The molecule has 0 radical (unpaired) electrons. The van der Waals surface area contributed by atoms with E-state index in [0.29, 0.717) is 0 Å². The van der Waals surface area contributed by atoms with Crippen molar-refractivity contribution in [3.05, 3.63) is 71.8 Å². The lowest BCUT2D eigenvalue weighted by molar-refractivity contribution is -0.154. The SMILES string of the molecule is O=C(NNCC(O)C(=O)OCc1ccccc1)OCc1ccccc1. The van der Waals surface area contributed by atoms with Crippen LogP contribution in [0.3, 0.4) is 0 Å². The predicted octanol–water partition coefficient (Wildman–Crippen LogP) is 1.52. The van der Waals surface area contributed by atoms with E-state index in [1.165, 1.54) is 0 Å². The molecule has 0 spiro atoms. The summed E-state index contributed by atoms with van der Waals surface area (Å²) in [7, 11) is 0. The number of aliphatic hydroxyl groups excluding tert-OH is 1. The molecule has 25 heavy (non-hydrogen) atoms. The molecule has 7 heteroatoms. The molecule has 132 valence electrons. The average molecular weight is 344 g/mol. The summed E-state index contributed by atoms with van der Waals surface area (Å²) < 4.78 is 9.95. The number of carbonyl (C=O) groups is 2. The number of aliphatic hydroxyl groups is 1. The molecule has 0 saturated carbocycles. The van der Waals surface area contributed by atoms with Crippen molar-refractivity contribution in [3.63, 3.8) is 0 Å². The first-order valence-corrected chi connectivity index (χ1v) is 7.73. The van der Waals surface area contributed by atoms with Crippen LogP contribution in [0.2, 0.25) is 0 Å². The van der Waals surface area contributed by atoms with E-state index < -0.39 is 18.2 Å². The number of rotatable bonds is 8. The van der Waals surface area contributed by atoms with Crippen LogP contribution in [0.25, 0.3) is 0 Å². The fourth-order valence-electron chi connectivity index (χ4n) is 1.89. The van der Waals surface area contributed by atoms with Crippen LogP contribution in [-0.4, -0.2) is 29.8 Å². The molecule has 0 heterocycles. The number of ether oxygens (including phenoxy) is 2. The highest BCUT2D eigenvalue weighted by Crippen LogP contribution is 2.02. The molecule has 1 unspecified atom stereocenters. The highest BCUT2D eigenvalue weighted by molar-refractivity contribution is 5.74. The van der Waals surface area contributed by atoms with Crippen molar-refractivity contribution in [3.8, 4) is 0 Å². The zero-order valence-electron chi connectivity index (χ0n) is 13.6. The average Bonchev–Trinajstić information content (AvgIpc) is 2.66. The summed E-state index contributed by atoms with van der Waals surface area (Å²) in [5, 5.41) is 9.69. The van der Waals surface area contributed by atoms with E-state index in [9.17, 15) is 14.7 Å². The summed E-state index contributed by atoms with van der Waals surface area (Å²) in [6.07, 6.45) is -2.12. The van der Waals surface area contributed by atoms with E-state index in [0.717, 1.165) is 11.1 Å². The van der Waals surface area contributed by atoms with E-state index >= 15 is 0 Å². The smallest absolute Gasteiger partial charge is 0.421 e. The number of hydrazine groups is 1. The largest absolute Gasteiger partial charge is 0.459 e. The highest BCUT2D eigenvalue weighted by Gasteiger charge is 2.16. The minimum atomic E-state index is -1.40. The second kappa shape index (κ2) is 10.1. The van der Waals surface area contributed by atoms with Gasteiger partial charge in [-0.05, 0) is 11.1 Å². The Bertz CT molecular complexity index is 664. The number of nitrogens with one attached hydrogen (secondary N) is 2. The van der Waals surface area contributed by atoms with Crippen LogP contribution < -0.4 is 10.9 Å². The molecule has 2 rings (SSSR count). The Labute approximate surface area is 145 Å². The molecule has 2 aromatic rings. The maximum atomic E-state index is 11.6. The lowest BCUT2D eigenvalue weighted by Crippen LogP contribution is -2.44. The summed E-state index contributed by atoms with van der Waals surface area (Å²) in [6, 6.07) is 18.3. The molecule has 0 bridgehead atoms. The third-order valence-corrected chi connectivity index (χ3v) is 3.19. The van der Waals surface area contributed by atoms with Crippen LogP contribution in [0.5, 0.6) is 0 Å². The molecular formula is C18H20N2O5. The van der Waals surface area contributed by atoms with Crippen LogP contribution in [0, 0.1) is 0 Å². The minimum absolute atomic E-state index is 0.0727. The van der Waals surface area contributed by atoms with Gasteiger partial charge in [-0.3, -0.25) is 5.43 Å². The van der Waals surface area contributed by atoms with Crippen molar-refractivity contribution in [1.82, 2.24) is 10.9 Å². The number of esters is 1. The third-order valence-electron chi connectivity index (χ3n) is 3.19. The lowest BCUT2D eigenvalue weighted by atomic mass is 10.2. The highest BCUT2D eigenvalue weighted by atomic mass is 16.6. The number of amides is 1. The summed E-state index contributed by atoms with van der Waals surface area (Å²) in [4.78, 5) is 23.1. The van der Waals surface area contributed by atoms with Crippen LogP contribution in [-0.2, 0) is 27.5 Å². The van der Waals surface area contributed by atoms with E-state index in [4.69, 9.17) is 9.47 Å². The van der Waals surface area contributed by atoms with E-state index in [1.807, 2.05) is 60.7 Å². The lowest BCUT2D eigenvalue weighted by Gasteiger charge is -2.12. The van der Waals surface area contributed by atoms with E-state index in [-0.39, 0.29) is 19.8 Å². The fraction of sp³-hybridized carbons (Fsp3) is 0.222. The van der Waals surface area contributed by atoms with Crippen molar-refractivity contribution in [2.45, 2.75) is 19.3 Å². The molecule has 7 nitrogen and oxygen atoms in total. The Morgan fingerprint density at radius 1 is 0.880 bits per heavy atom. The Morgan fingerprint density at radius 3 is 1.96 bits per heavy atom. The van der Waals surface area contributed by atoms with Gasteiger partial charge in [0, 0.05) is 0 Å². The van der Waals surface area contributed by atoms with E-state index in [2.05, 4.69) is 10.9 Å². The van der Waals surface area contributed by atoms with Crippen LogP contribution >= 0.6 is 0 Å². The van der Waals surface area contributed by atoms with Gasteiger partial charge in [0.15, 0.2) is 6.10 Å². The van der Waals surface area contributed by atoms with Gasteiger partial charge in [-0.15, -0.1) is 0 Å². The van der Waals surface area contributed by atoms with Crippen molar-refractivity contribution >= 4 is 12.1 Å². The Morgan fingerprint density at radius 2 is 1.40 bits per heavy atom. The zero-order chi connectivity index (χ0) is 17.9. The molecule has 0 aliphatic heterocycles. The maximum Gasteiger partial charge on any atom is 0.421 e. The molecule has 0 aliphatic rings. The van der Waals surface area contributed by atoms with Gasteiger partial charge in [-0.25, -0.2) is 15.0 Å².